The van der Waals surface area contributed by atoms with Gasteiger partial charge in [-0.1, -0.05) is 65.8 Å². The van der Waals surface area contributed by atoms with Crippen molar-refractivity contribution >= 4 is 28.5 Å². The lowest BCUT2D eigenvalue weighted by molar-refractivity contribution is 0.970. The zero-order valence-electron chi connectivity index (χ0n) is 11.1. The Labute approximate surface area is 129 Å². The van der Waals surface area contributed by atoms with E-state index in [1.54, 1.807) is 11.8 Å². The first-order valence-electron chi connectivity index (χ1n) is 6.45. The van der Waals surface area contributed by atoms with Crippen LogP contribution in [0.4, 0.5) is 0 Å². The second kappa shape index (κ2) is 7.98. The summed E-state index contributed by atoms with van der Waals surface area (Å²) in [6.07, 6.45) is 0.916. The van der Waals surface area contributed by atoms with Gasteiger partial charge in [0.15, 0.2) is 5.17 Å². The van der Waals surface area contributed by atoms with Gasteiger partial charge < -0.3 is 5.73 Å². The van der Waals surface area contributed by atoms with Crippen LogP contribution < -0.4 is 5.73 Å². The van der Waals surface area contributed by atoms with Crippen LogP contribution in [0.25, 0.3) is 0 Å². The van der Waals surface area contributed by atoms with Crippen LogP contribution >= 0.6 is 23.4 Å². The van der Waals surface area contributed by atoms with E-state index in [9.17, 15) is 0 Å². The molecule has 20 heavy (non-hydrogen) atoms. The number of nitrogens with zero attached hydrogens (tertiary/aromatic N) is 1. The van der Waals surface area contributed by atoms with E-state index < -0.39 is 0 Å². The summed E-state index contributed by atoms with van der Waals surface area (Å²) in [7, 11) is 0. The van der Waals surface area contributed by atoms with Gasteiger partial charge >= 0.3 is 0 Å². The molecule has 0 spiro atoms. The van der Waals surface area contributed by atoms with E-state index in [1.807, 2.05) is 42.5 Å². The molecule has 0 fully saturated rings. The van der Waals surface area contributed by atoms with E-state index in [0.717, 1.165) is 29.3 Å². The highest BCUT2D eigenvalue weighted by atomic mass is 35.5. The van der Waals surface area contributed by atoms with Crippen LogP contribution in [0.1, 0.15) is 11.1 Å². The van der Waals surface area contributed by atoms with Gasteiger partial charge in [-0.25, -0.2) is 0 Å². The molecule has 0 aromatic heterocycles. The van der Waals surface area contributed by atoms with E-state index in [4.69, 9.17) is 17.3 Å². The molecular formula is C16H17ClN2S. The minimum Gasteiger partial charge on any atom is -0.379 e. The Balaban J connectivity index is 1.77. The fourth-order valence-corrected chi connectivity index (χ4v) is 2.66. The maximum absolute atomic E-state index is 5.94. The maximum atomic E-state index is 5.94. The molecule has 0 bridgehead atoms. The number of amidine groups is 1. The molecule has 2 aromatic rings. The van der Waals surface area contributed by atoms with Crippen LogP contribution in [0.2, 0.25) is 5.02 Å². The van der Waals surface area contributed by atoms with E-state index in [2.05, 4.69) is 17.1 Å². The Morgan fingerprint density at radius 1 is 1.05 bits per heavy atom. The number of rotatable bonds is 5. The van der Waals surface area contributed by atoms with Crippen molar-refractivity contribution in [2.75, 3.05) is 6.54 Å². The summed E-state index contributed by atoms with van der Waals surface area (Å²) in [6.45, 7) is 0.721. The molecular weight excluding hydrogens is 288 g/mol. The Kier molecular flexibility index (Phi) is 5.96. The van der Waals surface area contributed by atoms with Crippen LogP contribution in [-0.2, 0) is 12.2 Å². The molecule has 0 aliphatic heterocycles. The van der Waals surface area contributed by atoms with Crippen molar-refractivity contribution < 1.29 is 0 Å². The van der Waals surface area contributed by atoms with Gasteiger partial charge in [0.05, 0.1) is 0 Å². The summed E-state index contributed by atoms with van der Waals surface area (Å²) in [6, 6.07) is 18.1. The Morgan fingerprint density at radius 2 is 1.80 bits per heavy atom. The summed E-state index contributed by atoms with van der Waals surface area (Å²) in [4.78, 5) is 4.38. The zero-order chi connectivity index (χ0) is 14.2. The van der Waals surface area contributed by atoms with Gasteiger partial charge in [0.25, 0.3) is 0 Å². The van der Waals surface area contributed by atoms with Gasteiger partial charge in [-0.15, -0.1) is 0 Å². The first-order valence-corrected chi connectivity index (χ1v) is 7.81. The topological polar surface area (TPSA) is 38.4 Å². The van der Waals surface area contributed by atoms with Crippen LogP contribution in [0.15, 0.2) is 59.6 Å². The molecule has 104 valence electrons. The quantitative estimate of drug-likeness (QED) is 0.666. The Hall–Kier alpha value is -1.45. The molecule has 0 unspecified atom stereocenters. The number of hydrogen-bond acceptors (Lipinski definition) is 2. The van der Waals surface area contributed by atoms with Gasteiger partial charge in [0, 0.05) is 17.3 Å². The lowest BCUT2D eigenvalue weighted by atomic mass is 10.2. The van der Waals surface area contributed by atoms with Crippen molar-refractivity contribution in [1.29, 1.82) is 0 Å². The molecule has 0 amide bonds. The number of nitrogens with two attached hydrogens (primary N) is 1. The molecule has 2 aromatic carbocycles. The third kappa shape index (κ3) is 5.27. The van der Waals surface area contributed by atoms with Crippen molar-refractivity contribution in [3.63, 3.8) is 0 Å². The van der Waals surface area contributed by atoms with E-state index in [0.29, 0.717) is 5.17 Å². The summed E-state index contributed by atoms with van der Waals surface area (Å²) < 4.78 is 0. The van der Waals surface area contributed by atoms with E-state index in [1.165, 1.54) is 5.56 Å². The van der Waals surface area contributed by atoms with Gasteiger partial charge in [-0.05, 0) is 29.7 Å². The van der Waals surface area contributed by atoms with E-state index in [-0.39, 0.29) is 0 Å². The second-order valence-electron chi connectivity index (χ2n) is 4.37. The standard InChI is InChI=1S/C16H17ClN2S/c17-15-8-4-7-14(11-15)12-20-16(18)19-10-9-13-5-2-1-3-6-13/h1-8,11H,9-10,12H2,(H2,18,19). The van der Waals surface area contributed by atoms with E-state index >= 15 is 0 Å². The summed E-state index contributed by atoms with van der Waals surface area (Å²) >= 11 is 7.48. The van der Waals surface area contributed by atoms with Gasteiger partial charge in [-0.3, -0.25) is 4.99 Å². The Bertz CT molecular complexity index is 570. The summed E-state index contributed by atoms with van der Waals surface area (Å²) in [5, 5.41) is 1.38. The monoisotopic (exact) mass is 304 g/mol. The van der Waals surface area contributed by atoms with Crippen molar-refractivity contribution in [2.24, 2.45) is 10.7 Å². The predicted octanol–water partition coefficient (Wildman–Crippen LogP) is 4.13. The molecule has 4 heteroatoms. The largest absolute Gasteiger partial charge is 0.379 e. The third-order valence-electron chi connectivity index (χ3n) is 2.79. The second-order valence-corrected chi connectivity index (χ2v) is 5.81. The Morgan fingerprint density at radius 3 is 2.55 bits per heavy atom. The number of halogens is 1. The maximum Gasteiger partial charge on any atom is 0.154 e. The first kappa shape index (κ1) is 14.9. The molecule has 0 aliphatic carbocycles. The van der Waals surface area contributed by atoms with Gasteiger partial charge in [-0.2, -0.15) is 0 Å². The van der Waals surface area contributed by atoms with Crippen LogP contribution in [0.5, 0.6) is 0 Å². The highest BCUT2D eigenvalue weighted by molar-refractivity contribution is 8.13. The number of benzene rings is 2. The lowest BCUT2D eigenvalue weighted by Crippen LogP contribution is -2.08. The molecule has 0 saturated carbocycles. The van der Waals surface area contributed by atoms with Crippen molar-refractivity contribution in [3.05, 3.63) is 70.7 Å². The SMILES string of the molecule is NC(=NCCc1ccccc1)SCc1cccc(Cl)c1. The van der Waals surface area contributed by atoms with Crippen LogP contribution in [-0.4, -0.2) is 11.7 Å². The van der Waals surface area contributed by atoms with Gasteiger partial charge in [0.1, 0.15) is 0 Å². The highest BCUT2D eigenvalue weighted by Gasteiger charge is 1.98. The van der Waals surface area contributed by atoms with Crippen molar-refractivity contribution in [2.45, 2.75) is 12.2 Å². The first-order chi connectivity index (χ1) is 9.74. The van der Waals surface area contributed by atoms with Gasteiger partial charge in [0.2, 0.25) is 0 Å². The number of hydrogen-bond donors (Lipinski definition) is 1. The molecule has 2 N–H and O–H groups in total. The third-order valence-corrected chi connectivity index (χ3v) is 3.92. The van der Waals surface area contributed by atoms with Crippen LogP contribution in [0.3, 0.4) is 0 Å². The normalized spacial score (nSPS) is 11.6. The number of aliphatic imine (C=N–C) groups is 1. The molecule has 0 aliphatic rings. The molecule has 0 heterocycles. The minimum atomic E-state index is 0.626. The van der Waals surface area contributed by atoms with Crippen LogP contribution in [0, 0.1) is 0 Å². The summed E-state index contributed by atoms with van der Waals surface area (Å²) in [5.74, 6) is 0.793. The van der Waals surface area contributed by atoms with Crippen molar-refractivity contribution in [1.82, 2.24) is 0 Å². The fraction of sp³-hybridized carbons (Fsp3) is 0.188. The molecule has 0 saturated heterocycles. The fourth-order valence-electron chi connectivity index (χ4n) is 1.77. The zero-order valence-corrected chi connectivity index (χ0v) is 12.7. The highest BCUT2D eigenvalue weighted by Crippen LogP contribution is 2.16. The van der Waals surface area contributed by atoms with Crippen molar-refractivity contribution in [3.8, 4) is 0 Å². The molecule has 0 atom stereocenters. The molecule has 0 radical (unpaired) electrons. The average molecular weight is 305 g/mol. The predicted molar refractivity (Wildman–Crippen MR) is 89.4 cm³/mol. The molecule has 2 rings (SSSR count). The summed E-state index contributed by atoms with van der Waals surface area (Å²) in [5.41, 5.74) is 8.34. The minimum absolute atomic E-state index is 0.626. The smallest absolute Gasteiger partial charge is 0.154 e. The average Bonchev–Trinajstić information content (AvgIpc) is 2.46. The lowest BCUT2D eigenvalue weighted by Gasteiger charge is -2.02. The number of thioether (sulfide) groups is 1. The molecule has 2 nitrogen and oxygen atoms in total.